The number of hydrogen-bond donors (Lipinski definition) is 1. The van der Waals surface area contributed by atoms with Gasteiger partial charge in [-0.05, 0) is 41.5 Å². The van der Waals surface area contributed by atoms with Gasteiger partial charge < -0.3 is 4.98 Å². The van der Waals surface area contributed by atoms with E-state index in [1.165, 1.54) is 5.56 Å². The Morgan fingerprint density at radius 2 is 2.00 bits per heavy atom. The number of aryl methyl sites for hydroxylation is 1. The highest BCUT2D eigenvalue weighted by atomic mass is 32.1. The number of aromatic nitrogens is 1. The number of benzene rings is 1. The molecule has 0 unspecified atom stereocenters. The Kier molecular flexibility index (Phi) is 2.34. The van der Waals surface area contributed by atoms with Crippen LogP contribution in [-0.2, 0) is 0 Å². The molecule has 0 amide bonds. The fourth-order valence-electron chi connectivity index (χ4n) is 1.92. The maximum atomic E-state index is 11.9. The fourth-order valence-corrected chi connectivity index (χ4v) is 2.79. The zero-order valence-corrected chi connectivity index (χ0v) is 10.2. The van der Waals surface area contributed by atoms with Gasteiger partial charge in [0.2, 0.25) is 0 Å². The van der Waals surface area contributed by atoms with Crippen LogP contribution in [-0.4, -0.2) is 4.98 Å². The lowest BCUT2D eigenvalue weighted by atomic mass is 10.1. The molecule has 3 rings (SSSR count). The lowest BCUT2D eigenvalue weighted by molar-refractivity contribution is 1.29. The number of hydrogen-bond acceptors (Lipinski definition) is 2. The van der Waals surface area contributed by atoms with Crippen LogP contribution in [0.3, 0.4) is 0 Å². The lowest BCUT2D eigenvalue weighted by Gasteiger charge is -2.01. The third-order valence-electron chi connectivity index (χ3n) is 2.75. The van der Waals surface area contributed by atoms with Gasteiger partial charge in [0.05, 0.1) is 10.6 Å². The van der Waals surface area contributed by atoms with Crippen LogP contribution < -0.4 is 5.56 Å². The molecular formula is C14H11NOS. The van der Waals surface area contributed by atoms with Gasteiger partial charge in [0, 0.05) is 5.39 Å². The van der Waals surface area contributed by atoms with Crippen LogP contribution in [0.2, 0.25) is 0 Å². The summed E-state index contributed by atoms with van der Waals surface area (Å²) in [5.74, 6) is 0. The van der Waals surface area contributed by atoms with Crippen molar-refractivity contribution in [3.05, 3.63) is 57.7 Å². The maximum absolute atomic E-state index is 11.9. The van der Waals surface area contributed by atoms with E-state index in [1.54, 1.807) is 11.3 Å². The summed E-state index contributed by atoms with van der Waals surface area (Å²) in [5, 5.41) is 3.81. The summed E-state index contributed by atoms with van der Waals surface area (Å²) in [6.45, 7) is 2.05. The molecule has 3 heteroatoms. The molecule has 0 saturated heterocycles. The number of rotatable bonds is 1. The predicted octanol–water partition coefficient (Wildman–Crippen LogP) is 3.57. The van der Waals surface area contributed by atoms with Gasteiger partial charge in [0.1, 0.15) is 0 Å². The highest BCUT2D eigenvalue weighted by Crippen LogP contribution is 2.26. The molecule has 1 aromatic carbocycles. The molecule has 0 saturated carbocycles. The molecule has 2 nitrogen and oxygen atoms in total. The summed E-state index contributed by atoms with van der Waals surface area (Å²) in [5.41, 5.74) is 2.09. The van der Waals surface area contributed by atoms with E-state index in [4.69, 9.17) is 0 Å². The van der Waals surface area contributed by atoms with Crippen LogP contribution in [0, 0.1) is 6.92 Å². The van der Waals surface area contributed by atoms with Gasteiger partial charge in [-0.2, -0.15) is 0 Å². The van der Waals surface area contributed by atoms with Gasteiger partial charge in [0.25, 0.3) is 5.56 Å². The van der Waals surface area contributed by atoms with Gasteiger partial charge >= 0.3 is 0 Å². The number of aromatic amines is 1. The van der Waals surface area contributed by atoms with Crippen molar-refractivity contribution in [2.45, 2.75) is 6.92 Å². The van der Waals surface area contributed by atoms with Crippen LogP contribution in [0.15, 0.2) is 46.6 Å². The average Bonchev–Trinajstić information content (AvgIpc) is 2.76. The van der Waals surface area contributed by atoms with Crippen molar-refractivity contribution in [2.24, 2.45) is 0 Å². The predicted molar refractivity (Wildman–Crippen MR) is 72.6 cm³/mol. The Morgan fingerprint density at radius 1 is 1.18 bits per heavy atom. The van der Waals surface area contributed by atoms with Gasteiger partial charge in [-0.25, -0.2) is 0 Å². The minimum absolute atomic E-state index is 0.0239. The molecule has 0 bridgehead atoms. The monoisotopic (exact) mass is 241 g/mol. The number of thiophene rings is 1. The summed E-state index contributed by atoms with van der Waals surface area (Å²) < 4.78 is 0. The second-order valence-electron chi connectivity index (χ2n) is 4.09. The number of pyridine rings is 1. The highest BCUT2D eigenvalue weighted by molar-refractivity contribution is 7.13. The van der Waals surface area contributed by atoms with Crippen molar-refractivity contribution < 1.29 is 0 Å². The Bertz CT molecular complexity index is 739. The Balaban J connectivity index is 2.29. The van der Waals surface area contributed by atoms with Crippen molar-refractivity contribution in [2.75, 3.05) is 0 Å². The van der Waals surface area contributed by atoms with Crippen molar-refractivity contribution in [1.29, 1.82) is 0 Å². The van der Waals surface area contributed by atoms with Crippen molar-refractivity contribution in [3.63, 3.8) is 0 Å². The van der Waals surface area contributed by atoms with Crippen LogP contribution in [0.4, 0.5) is 0 Å². The summed E-state index contributed by atoms with van der Waals surface area (Å²) in [6, 6.07) is 11.8. The molecule has 0 aliphatic carbocycles. The average molecular weight is 241 g/mol. The number of nitrogens with one attached hydrogen (secondary N) is 1. The van der Waals surface area contributed by atoms with Crippen LogP contribution in [0.25, 0.3) is 21.3 Å². The maximum Gasteiger partial charge on any atom is 0.256 e. The van der Waals surface area contributed by atoms with E-state index in [2.05, 4.69) is 23.4 Å². The SMILES string of the molecule is Cc1csc(-c2cc3ccccc3c(=O)[nH]2)c1. The summed E-state index contributed by atoms with van der Waals surface area (Å²) in [6.07, 6.45) is 0. The van der Waals surface area contributed by atoms with Crippen LogP contribution in [0.5, 0.6) is 0 Å². The highest BCUT2D eigenvalue weighted by Gasteiger charge is 2.05. The molecule has 84 valence electrons. The molecule has 0 radical (unpaired) electrons. The van der Waals surface area contributed by atoms with E-state index in [0.717, 1.165) is 21.3 Å². The van der Waals surface area contributed by atoms with Crippen molar-refractivity contribution in [3.8, 4) is 10.6 Å². The fraction of sp³-hybridized carbons (Fsp3) is 0.0714. The Labute approximate surface area is 103 Å². The molecule has 0 spiro atoms. The first-order valence-corrected chi connectivity index (χ1v) is 6.29. The molecule has 0 atom stereocenters. The van der Waals surface area contributed by atoms with E-state index >= 15 is 0 Å². The van der Waals surface area contributed by atoms with Gasteiger partial charge in [-0.15, -0.1) is 11.3 Å². The third-order valence-corrected chi connectivity index (χ3v) is 3.83. The lowest BCUT2D eigenvalue weighted by Crippen LogP contribution is -2.06. The van der Waals surface area contributed by atoms with E-state index < -0.39 is 0 Å². The number of H-pyrrole nitrogens is 1. The minimum atomic E-state index is -0.0239. The Hall–Kier alpha value is -1.87. The zero-order chi connectivity index (χ0) is 11.8. The summed E-state index contributed by atoms with van der Waals surface area (Å²) in [4.78, 5) is 16.0. The first-order valence-electron chi connectivity index (χ1n) is 5.41. The van der Waals surface area contributed by atoms with Gasteiger partial charge in [0.15, 0.2) is 0 Å². The smallest absolute Gasteiger partial charge is 0.256 e. The second-order valence-corrected chi connectivity index (χ2v) is 5.00. The topological polar surface area (TPSA) is 32.9 Å². The largest absolute Gasteiger partial charge is 0.321 e. The van der Waals surface area contributed by atoms with E-state index in [0.29, 0.717) is 0 Å². The first kappa shape index (κ1) is 10.3. The molecule has 2 aromatic heterocycles. The van der Waals surface area contributed by atoms with Crippen LogP contribution >= 0.6 is 11.3 Å². The summed E-state index contributed by atoms with van der Waals surface area (Å²) in [7, 11) is 0. The van der Waals surface area contributed by atoms with E-state index in [1.807, 2.05) is 30.3 Å². The van der Waals surface area contributed by atoms with Gasteiger partial charge in [-0.3, -0.25) is 4.79 Å². The third kappa shape index (κ3) is 1.78. The minimum Gasteiger partial charge on any atom is -0.321 e. The summed E-state index contributed by atoms with van der Waals surface area (Å²) >= 11 is 1.65. The number of fused-ring (bicyclic) bond motifs is 1. The molecule has 0 aliphatic rings. The quantitative estimate of drug-likeness (QED) is 0.694. The molecule has 2 heterocycles. The van der Waals surface area contributed by atoms with Crippen LogP contribution in [0.1, 0.15) is 5.56 Å². The second kappa shape index (κ2) is 3.86. The van der Waals surface area contributed by atoms with E-state index in [9.17, 15) is 4.79 Å². The van der Waals surface area contributed by atoms with E-state index in [-0.39, 0.29) is 5.56 Å². The zero-order valence-electron chi connectivity index (χ0n) is 9.36. The van der Waals surface area contributed by atoms with Gasteiger partial charge in [-0.1, -0.05) is 18.2 Å². The molecule has 0 fully saturated rings. The molecule has 17 heavy (non-hydrogen) atoms. The Morgan fingerprint density at radius 3 is 2.76 bits per heavy atom. The molecule has 1 N–H and O–H groups in total. The molecule has 0 aliphatic heterocycles. The van der Waals surface area contributed by atoms with Crippen molar-refractivity contribution >= 4 is 22.1 Å². The molecule has 3 aromatic rings. The first-order chi connectivity index (χ1) is 8.24. The standard InChI is InChI=1S/C14H11NOS/c1-9-6-13(17-8-9)12-7-10-4-2-3-5-11(10)14(16)15-12/h2-8H,1H3,(H,15,16). The van der Waals surface area contributed by atoms with Crippen molar-refractivity contribution in [1.82, 2.24) is 4.98 Å². The normalized spacial score (nSPS) is 10.9. The molecular weight excluding hydrogens is 230 g/mol.